The number of aryl methyl sites for hydroxylation is 3. The average molecular weight is 1010 g/mol. The molecule has 0 unspecified atom stereocenters. The highest BCUT2D eigenvalue weighted by molar-refractivity contribution is 7.00. The van der Waals surface area contributed by atoms with Crippen LogP contribution >= 0.6 is 0 Å². The average Bonchev–Trinajstić information content (AvgIpc) is 3.25. The molecule has 13 rings (SSSR count). The van der Waals surface area contributed by atoms with Gasteiger partial charge >= 0.3 is 0 Å². The Hall–Kier alpha value is -7.24. The first-order valence-electron chi connectivity index (χ1n) is 28.1. The number of aromatic nitrogens is 1. The number of benzene rings is 8. The van der Waals surface area contributed by atoms with Gasteiger partial charge in [0, 0.05) is 66.8 Å². The number of rotatable bonds is 4. The van der Waals surface area contributed by atoms with E-state index in [1.54, 1.807) is 0 Å². The van der Waals surface area contributed by atoms with Crippen molar-refractivity contribution < 1.29 is 4.42 Å². The maximum Gasteiger partial charge on any atom is 0.252 e. The molecule has 4 heterocycles. The van der Waals surface area contributed by atoms with E-state index in [9.17, 15) is 0 Å². The molecular weight excluding hydrogens is 934 g/mol. The number of nitrogens with zero attached hydrogens (tertiary/aromatic N) is 3. The summed E-state index contributed by atoms with van der Waals surface area (Å²) in [5.41, 5.74) is 29.4. The Morgan fingerprint density at radius 2 is 1.10 bits per heavy atom. The monoisotopic (exact) mass is 1010 g/mol. The minimum atomic E-state index is -0.200. The second-order valence-corrected chi connectivity index (χ2v) is 27.7. The Morgan fingerprint density at radius 3 is 1.74 bits per heavy atom. The molecule has 4 nitrogen and oxygen atoms in total. The fraction of sp³-hybridized carbons (Fsp3) is 0.306. The van der Waals surface area contributed by atoms with Crippen LogP contribution in [-0.2, 0) is 27.1 Å². The van der Waals surface area contributed by atoms with Crippen LogP contribution in [0.2, 0.25) is 0 Å². The predicted octanol–water partition coefficient (Wildman–Crippen LogP) is 18.0. The molecule has 0 atom stereocenters. The third kappa shape index (κ3) is 7.24. The van der Waals surface area contributed by atoms with Crippen LogP contribution in [0.4, 0.5) is 34.1 Å². The van der Waals surface area contributed by atoms with Gasteiger partial charge in [-0.2, -0.15) is 0 Å². The molecule has 0 fully saturated rings. The molecule has 8 aromatic carbocycles. The first-order chi connectivity index (χ1) is 36.2. The summed E-state index contributed by atoms with van der Waals surface area (Å²) < 4.78 is 9.95. The molecule has 0 saturated carbocycles. The molecule has 0 spiro atoms. The molecule has 0 bridgehead atoms. The lowest BCUT2D eigenvalue weighted by atomic mass is 9.33. The Balaban J connectivity index is 1.16. The predicted molar refractivity (Wildman–Crippen MR) is 331 cm³/mol. The van der Waals surface area contributed by atoms with Gasteiger partial charge in [-0.15, -0.1) is 0 Å². The summed E-state index contributed by atoms with van der Waals surface area (Å²) in [6.07, 6.45) is 0. The van der Waals surface area contributed by atoms with Gasteiger partial charge in [-0.3, -0.25) is 0 Å². The summed E-state index contributed by atoms with van der Waals surface area (Å²) >= 11 is 0. The zero-order valence-corrected chi connectivity index (χ0v) is 48.6. The summed E-state index contributed by atoms with van der Waals surface area (Å²) in [5.74, 6) is 0. The molecular formula is C72H74BN3O. The van der Waals surface area contributed by atoms with E-state index in [0.29, 0.717) is 0 Å². The van der Waals surface area contributed by atoms with Crippen LogP contribution < -0.4 is 26.2 Å². The first-order valence-corrected chi connectivity index (χ1v) is 28.1. The number of anilines is 6. The minimum absolute atomic E-state index is 0.00985. The second kappa shape index (κ2) is 16.2. The van der Waals surface area contributed by atoms with Gasteiger partial charge < -0.3 is 18.8 Å². The van der Waals surface area contributed by atoms with Crippen molar-refractivity contribution in [2.75, 3.05) is 9.80 Å². The molecule has 0 N–H and O–H groups in total. The zero-order valence-electron chi connectivity index (χ0n) is 48.6. The van der Waals surface area contributed by atoms with Crippen LogP contribution in [0.25, 0.3) is 49.8 Å². The molecule has 2 aromatic heterocycles. The maximum absolute atomic E-state index is 7.26. The van der Waals surface area contributed by atoms with Crippen molar-refractivity contribution in [3.05, 3.63) is 190 Å². The van der Waals surface area contributed by atoms with Crippen LogP contribution in [0, 0.1) is 20.8 Å². The van der Waals surface area contributed by atoms with Crippen LogP contribution in [-0.4, -0.2) is 11.3 Å². The molecule has 10 aromatic rings. The van der Waals surface area contributed by atoms with Crippen molar-refractivity contribution in [1.82, 2.24) is 4.57 Å². The topological polar surface area (TPSA) is 24.6 Å². The SMILES string of the molecule is Cc1cc2c3c(c1)-n1c4c(c5cc(C(C)(C)C)cc(c51)B3c1ccc(N(c3ccc(C(C)(C)C)cc3C)c3ccc(C(C)(C)C)cc3C)cc1N2c1cccc2c1oc1cc(C(C)(C)C)ccc12)C(C)(C)c1ccccc1-4. The van der Waals surface area contributed by atoms with Gasteiger partial charge in [0.15, 0.2) is 5.58 Å². The number of fused-ring (bicyclic) bond motifs is 12. The molecule has 77 heavy (non-hydrogen) atoms. The van der Waals surface area contributed by atoms with Crippen LogP contribution in [0.1, 0.15) is 147 Å². The molecule has 1 aliphatic carbocycles. The van der Waals surface area contributed by atoms with Crippen molar-refractivity contribution >= 4 is 90.1 Å². The smallest absolute Gasteiger partial charge is 0.252 e. The lowest BCUT2D eigenvalue weighted by Crippen LogP contribution is -2.60. The number of para-hydroxylation sites is 1. The highest BCUT2D eigenvalue weighted by Gasteiger charge is 2.48. The lowest BCUT2D eigenvalue weighted by molar-refractivity contribution is 0.587. The van der Waals surface area contributed by atoms with Gasteiger partial charge in [0.05, 0.1) is 11.4 Å². The molecule has 3 aliphatic rings. The number of furan rings is 1. The van der Waals surface area contributed by atoms with E-state index in [1.807, 2.05) is 0 Å². The Labute approximate surface area is 457 Å². The third-order valence-electron chi connectivity index (χ3n) is 17.8. The molecule has 2 aliphatic heterocycles. The van der Waals surface area contributed by atoms with Gasteiger partial charge in [-0.1, -0.05) is 182 Å². The van der Waals surface area contributed by atoms with Gasteiger partial charge in [0.2, 0.25) is 0 Å². The Morgan fingerprint density at radius 1 is 0.494 bits per heavy atom. The quantitative estimate of drug-likeness (QED) is 0.164. The molecule has 0 saturated heterocycles. The van der Waals surface area contributed by atoms with E-state index in [2.05, 4.69) is 272 Å². The van der Waals surface area contributed by atoms with Crippen molar-refractivity contribution in [2.45, 2.75) is 145 Å². The van der Waals surface area contributed by atoms with Gasteiger partial charge in [0.1, 0.15) is 5.58 Å². The van der Waals surface area contributed by atoms with E-state index in [0.717, 1.165) is 39.0 Å². The van der Waals surface area contributed by atoms with Crippen LogP contribution in [0.15, 0.2) is 144 Å². The van der Waals surface area contributed by atoms with Crippen molar-refractivity contribution in [1.29, 1.82) is 0 Å². The van der Waals surface area contributed by atoms with E-state index in [-0.39, 0.29) is 33.8 Å². The van der Waals surface area contributed by atoms with Crippen molar-refractivity contribution in [3.8, 4) is 16.9 Å². The highest BCUT2D eigenvalue weighted by Crippen LogP contribution is 2.56. The van der Waals surface area contributed by atoms with E-state index < -0.39 is 0 Å². The summed E-state index contributed by atoms with van der Waals surface area (Å²) in [5, 5.41) is 3.62. The highest BCUT2D eigenvalue weighted by atomic mass is 16.3. The standard InChI is InChI=1S/C72H74BN3O/c1-41-33-60-64-61(34-41)76-65-52(63-66(76)51-21-18-19-23-53(51)72(63,16)17)37-47(71(13,14)15)38-55(65)73(64)54-30-28-48(40-59(54)75(60)58-24-20-22-50-49-29-25-46(70(10,11)12)39-62(49)77-67(50)58)74(56-31-26-44(35-42(56)2)68(4,5)6)57-32-27-45(36-43(57)3)69(7,8)9/h18-40H,1-17H3. The molecule has 5 heteroatoms. The number of hydrogen-bond donors (Lipinski definition) is 0. The fourth-order valence-corrected chi connectivity index (χ4v) is 13.6. The zero-order chi connectivity index (χ0) is 54.4. The molecule has 0 radical (unpaired) electrons. The van der Waals surface area contributed by atoms with Gasteiger partial charge in [-0.25, -0.2) is 0 Å². The van der Waals surface area contributed by atoms with Crippen LogP contribution in [0.3, 0.4) is 0 Å². The van der Waals surface area contributed by atoms with Gasteiger partial charge in [0.25, 0.3) is 6.71 Å². The normalized spacial score (nSPS) is 14.6. The summed E-state index contributed by atoms with van der Waals surface area (Å²) in [6, 6.07) is 54.5. The third-order valence-corrected chi connectivity index (χ3v) is 17.8. The number of hydrogen-bond acceptors (Lipinski definition) is 3. The first kappa shape index (κ1) is 49.3. The lowest BCUT2D eigenvalue weighted by Gasteiger charge is -2.41. The van der Waals surface area contributed by atoms with Crippen molar-refractivity contribution in [2.24, 2.45) is 0 Å². The molecule has 386 valence electrons. The van der Waals surface area contributed by atoms with E-state index in [1.165, 1.54) is 111 Å². The maximum atomic E-state index is 7.26. The summed E-state index contributed by atoms with van der Waals surface area (Å²) in [7, 11) is 0. The second-order valence-electron chi connectivity index (χ2n) is 27.7. The minimum Gasteiger partial charge on any atom is -0.454 e. The van der Waals surface area contributed by atoms with Gasteiger partial charge in [-0.05, 0) is 163 Å². The Kier molecular flexibility index (Phi) is 10.4. The van der Waals surface area contributed by atoms with E-state index >= 15 is 0 Å². The molecule has 0 amide bonds. The summed E-state index contributed by atoms with van der Waals surface area (Å²) in [4.78, 5) is 5.11. The fourth-order valence-electron chi connectivity index (χ4n) is 13.6. The summed E-state index contributed by atoms with van der Waals surface area (Å²) in [6.45, 7) is 39.5. The van der Waals surface area contributed by atoms with E-state index in [4.69, 9.17) is 4.42 Å². The Bertz CT molecular complexity index is 4100. The van der Waals surface area contributed by atoms with Crippen LogP contribution in [0.5, 0.6) is 0 Å². The van der Waals surface area contributed by atoms with Crippen molar-refractivity contribution in [3.63, 3.8) is 0 Å². The largest absolute Gasteiger partial charge is 0.454 e.